The van der Waals surface area contributed by atoms with Crippen molar-refractivity contribution >= 4 is 65.7 Å². The molecule has 0 radical (unpaired) electrons. The number of furan rings is 2. The van der Waals surface area contributed by atoms with Crippen molar-refractivity contribution in [3.63, 3.8) is 0 Å². The summed E-state index contributed by atoms with van der Waals surface area (Å²) >= 11 is 0. The molecule has 0 unspecified atom stereocenters. The molecule has 0 N–H and O–H groups in total. The number of benzene rings is 10. The van der Waals surface area contributed by atoms with Gasteiger partial charge in [0.2, 0.25) is 0 Å². The van der Waals surface area contributed by atoms with Crippen LogP contribution in [0.5, 0.6) is 0 Å². The summed E-state index contributed by atoms with van der Waals surface area (Å²) in [5, 5.41) is 6.39. The number of hydrogen-bond donors (Lipinski definition) is 0. The van der Waals surface area contributed by atoms with Gasteiger partial charge >= 0.3 is 0 Å². The molecule has 322 valence electrons. The molecule has 0 fully saturated rings. The minimum absolute atomic E-state index is 0.563. The van der Waals surface area contributed by atoms with Crippen LogP contribution < -0.4 is 0 Å². The maximum absolute atomic E-state index is 6.81. The third-order valence-electron chi connectivity index (χ3n) is 13.5. The van der Waals surface area contributed by atoms with Gasteiger partial charge in [0.15, 0.2) is 17.5 Å². The second-order valence-corrected chi connectivity index (χ2v) is 17.5. The fourth-order valence-corrected chi connectivity index (χ4v) is 10.2. The lowest BCUT2D eigenvalue weighted by atomic mass is 9.98. The average molecular weight is 883 g/mol. The largest absolute Gasteiger partial charge is 0.456 e. The van der Waals surface area contributed by atoms with Crippen LogP contribution in [0.3, 0.4) is 0 Å². The molecule has 0 aliphatic rings. The van der Waals surface area contributed by atoms with Gasteiger partial charge in [0.1, 0.15) is 22.3 Å². The second kappa shape index (κ2) is 15.6. The molecule has 0 amide bonds. The number of hydrogen-bond acceptors (Lipinski definition) is 5. The van der Waals surface area contributed by atoms with Gasteiger partial charge in [-0.05, 0) is 82.4 Å². The Bertz CT molecular complexity index is 4290. The minimum atomic E-state index is 0.563. The van der Waals surface area contributed by atoms with E-state index >= 15 is 0 Å². The maximum atomic E-state index is 6.81. The van der Waals surface area contributed by atoms with E-state index in [0.717, 1.165) is 99.5 Å². The molecule has 14 aromatic rings. The summed E-state index contributed by atoms with van der Waals surface area (Å²) in [5.41, 5.74) is 15.8. The highest BCUT2D eigenvalue weighted by Gasteiger charge is 2.22. The predicted octanol–water partition coefficient (Wildman–Crippen LogP) is 16.8. The Morgan fingerprint density at radius 3 is 1.59 bits per heavy atom. The van der Waals surface area contributed by atoms with Gasteiger partial charge in [-0.3, -0.25) is 0 Å². The van der Waals surface area contributed by atoms with Crippen molar-refractivity contribution < 1.29 is 8.83 Å². The summed E-state index contributed by atoms with van der Waals surface area (Å²) in [6.45, 7) is 0. The topological polar surface area (TPSA) is 69.9 Å². The van der Waals surface area contributed by atoms with Gasteiger partial charge in [0.25, 0.3) is 0 Å². The van der Waals surface area contributed by atoms with E-state index in [1.807, 2.05) is 60.7 Å². The van der Waals surface area contributed by atoms with E-state index in [1.165, 1.54) is 21.9 Å². The Hall–Kier alpha value is -9.39. The number of para-hydroxylation sites is 2. The van der Waals surface area contributed by atoms with Crippen LogP contribution >= 0.6 is 0 Å². The zero-order valence-electron chi connectivity index (χ0n) is 37.0. The van der Waals surface area contributed by atoms with Crippen molar-refractivity contribution in [1.29, 1.82) is 0 Å². The number of rotatable bonds is 7. The van der Waals surface area contributed by atoms with Gasteiger partial charge in [-0.2, -0.15) is 0 Å². The van der Waals surface area contributed by atoms with Crippen molar-refractivity contribution in [3.8, 4) is 73.2 Å². The predicted molar refractivity (Wildman–Crippen MR) is 281 cm³/mol. The van der Waals surface area contributed by atoms with Crippen LogP contribution in [0.4, 0.5) is 0 Å². The molecule has 0 saturated carbocycles. The molecule has 0 aliphatic carbocycles. The molecule has 14 rings (SSSR count). The van der Waals surface area contributed by atoms with Gasteiger partial charge < -0.3 is 13.4 Å². The molecular weight excluding hydrogens is 845 g/mol. The van der Waals surface area contributed by atoms with E-state index in [0.29, 0.717) is 17.5 Å². The molecule has 6 nitrogen and oxygen atoms in total. The van der Waals surface area contributed by atoms with E-state index in [1.54, 1.807) is 0 Å². The van der Waals surface area contributed by atoms with Gasteiger partial charge in [0.05, 0.1) is 11.0 Å². The molecule has 69 heavy (non-hydrogen) atoms. The van der Waals surface area contributed by atoms with Crippen molar-refractivity contribution in [2.45, 2.75) is 0 Å². The van der Waals surface area contributed by atoms with Gasteiger partial charge in [-0.1, -0.05) is 176 Å². The molecule has 0 atom stereocenters. The minimum Gasteiger partial charge on any atom is -0.456 e. The highest BCUT2D eigenvalue weighted by molar-refractivity contribution is 6.16. The van der Waals surface area contributed by atoms with Crippen LogP contribution in [-0.4, -0.2) is 19.5 Å². The quantitative estimate of drug-likeness (QED) is 0.159. The molecule has 0 aliphatic heterocycles. The van der Waals surface area contributed by atoms with E-state index in [-0.39, 0.29) is 0 Å². The lowest BCUT2D eigenvalue weighted by Crippen LogP contribution is -2.00. The lowest BCUT2D eigenvalue weighted by molar-refractivity contribution is 0.668. The lowest BCUT2D eigenvalue weighted by Gasteiger charge is -2.12. The Balaban J connectivity index is 0.966. The van der Waals surface area contributed by atoms with Crippen LogP contribution in [0.1, 0.15) is 0 Å². The number of fused-ring (bicyclic) bond motifs is 9. The normalized spacial score (nSPS) is 11.8. The second-order valence-electron chi connectivity index (χ2n) is 17.5. The third-order valence-corrected chi connectivity index (χ3v) is 13.5. The first-order valence-electron chi connectivity index (χ1n) is 23.2. The fourth-order valence-electron chi connectivity index (χ4n) is 10.2. The van der Waals surface area contributed by atoms with E-state index in [4.69, 9.17) is 23.8 Å². The Labute approximate surface area is 396 Å². The maximum Gasteiger partial charge on any atom is 0.164 e. The Morgan fingerprint density at radius 1 is 0.290 bits per heavy atom. The third kappa shape index (κ3) is 6.45. The Morgan fingerprint density at radius 2 is 0.826 bits per heavy atom. The molecular formula is C63H38N4O2. The number of aromatic nitrogens is 4. The molecule has 0 bridgehead atoms. The first kappa shape index (κ1) is 38.8. The highest BCUT2D eigenvalue weighted by Crippen LogP contribution is 2.44. The molecule has 4 heterocycles. The monoisotopic (exact) mass is 882 g/mol. The summed E-state index contributed by atoms with van der Waals surface area (Å²) in [6, 6.07) is 80.4. The molecule has 0 spiro atoms. The fraction of sp³-hybridized carbons (Fsp3) is 0. The van der Waals surface area contributed by atoms with Crippen LogP contribution in [0, 0.1) is 0 Å². The van der Waals surface area contributed by atoms with E-state index in [9.17, 15) is 0 Å². The van der Waals surface area contributed by atoms with Crippen molar-refractivity contribution in [3.05, 3.63) is 231 Å². The van der Waals surface area contributed by atoms with Crippen LogP contribution in [0.15, 0.2) is 239 Å². The summed E-state index contributed by atoms with van der Waals surface area (Å²) in [6.07, 6.45) is 0. The first-order chi connectivity index (χ1) is 34.2. The van der Waals surface area contributed by atoms with Gasteiger partial charge in [0, 0.05) is 60.3 Å². The van der Waals surface area contributed by atoms with Crippen LogP contribution in [0.2, 0.25) is 0 Å². The van der Waals surface area contributed by atoms with Crippen LogP contribution in [0.25, 0.3) is 139 Å². The standard InChI is InChI=1S/C63H38N4O2/c1-4-15-39(16-5-1)41-27-29-43(30-28-41)62-64-61(42-19-8-3-9-20-42)65-63(66-62)49-23-14-26-58-59(49)53-36-45(32-34-57(53)68-58)50-37-46(38-52-48-22-11-13-25-56(48)69-60(50)52)67-54-24-12-10-21-47(54)51-35-44(31-33-55(51)67)40-17-6-2-7-18-40/h1-38H. The number of nitrogens with zero attached hydrogens (tertiary/aromatic N) is 4. The molecule has 10 aromatic carbocycles. The molecule has 6 heteroatoms. The Kier molecular flexibility index (Phi) is 8.79. The van der Waals surface area contributed by atoms with Crippen LogP contribution in [-0.2, 0) is 0 Å². The zero-order chi connectivity index (χ0) is 45.4. The first-order valence-corrected chi connectivity index (χ1v) is 23.2. The van der Waals surface area contributed by atoms with E-state index < -0.39 is 0 Å². The molecule has 4 aromatic heterocycles. The van der Waals surface area contributed by atoms with Gasteiger partial charge in [-0.25, -0.2) is 15.0 Å². The molecule has 0 saturated heterocycles. The summed E-state index contributed by atoms with van der Waals surface area (Å²) in [7, 11) is 0. The van der Waals surface area contributed by atoms with E-state index in [2.05, 4.69) is 174 Å². The van der Waals surface area contributed by atoms with Crippen molar-refractivity contribution in [2.24, 2.45) is 0 Å². The van der Waals surface area contributed by atoms with Crippen molar-refractivity contribution in [2.75, 3.05) is 0 Å². The smallest absolute Gasteiger partial charge is 0.164 e. The summed E-state index contributed by atoms with van der Waals surface area (Å²) in [5.74, 6) is 1.75. The summed E-state index contributed by atoms with van der Waals surface area (Å²) < 4.78 is 15.8. The summed E-state index contributed by atoms with van der Waals surface area (Å²) in [4.78, 5) is 15.5. The SMILES string of the molecule is c1ccc(-c2ccc(-c3nc(-c4ccccc4)nc(-c4cccc5oc6ccc(-c7cc(-n8c9ccccc9c9cc(-c%10ccccc%10)ccc98)cc8c7oc7ccccc78)cc6c45)n3)cc2)cc1. The highest BCUT2D eigenvalue weighted by atomic mass is 16.3. The van der Waals surface area contributed by atoms with Gasteiger partial charge in [-0.15, -0.1) is 0 Å². The zero-order valence-corrected chi connectivity index (χ0v) is 37.0. The van der Waals surface area contributed by atoms with Crippen molar-refractivity contribution in [1.82, 2.24) is 19.5 Å². The average Bonchev–Trinajstić information content (AvgIpc) is 4.10.